The number of amides is 2. The molecule has 0 unspecified atom stereocenters. The second kappa shape index (κ2) is 7.59. The molecule has 2 aliphatic rings. The van der Waals surface area contributed by atoms with Gasteiger partial charge in [-0.1, -0.05) is 34.1 Å². The van der Waals surface area contributed by atoms with Crippen LogP contribution in [0.25, 0.3) is 0 Å². The van der Waals surface area contributed by atoms with Crippen molar-refractivity contribution in [2.45, 2.75) is 18.3 Å². The summed E-state index contributed by atoms with van der Waals surface area (Å²) in [6.07, 6.45) is 1.80. The average Bonchev–Trinajstić information content (AvgIpc) is 3.55. The van der Waals surface area contributed by atoms with Gasteiger partial charge in [0, 0.05) is 36.2 Å². The van der Waals surface area contributed by atoms with Crippen LogP contribution < -0.4 is 4.74 Å². The molecule has 1 aliphatic carbocycles. The Morgan fingerprint density at radius 2 is 1.61 bits per heavy atom. The van der Waals surface area contributed by atoms with Gasteiger partial charge in [0.05, 0.1) is 12.5 Å². The standard InChI is InChI=1S/C22H23BrN2O3/c1-28-19-4-2-3-16(15-19)20(26)24-11-13-25(14-12-24)21(27)22(9-10-22)17-5-7-18(23)8-6-17/h2-8,15H,9-14H2,1H3. The molecule has 1 saturated heterocycles. The average molecular weight is 443 g/mol. The molecule has 4 rings (SSSR count). The van der Waals surface area contributed by atoms with Crippen LogP contribution in [0.2, 0.25) is 0 Å². The maximum atomic E-state index is 13.2. The Balaban J connectivity index is 1.40. The van der Waals surface area contributed by atoms with Crippen molar-refractivity contribution in [3.05, 3.63) is 64.1 Å². The van der Waals surface area contributed by atoms with Crippen LogP contribution in [-0.4, -0.2) is 54.9 Å². The summed E-state index contributed by atoms with van der Waals surface area (Å²) >= 11 is 3.45. The largest absolute Gasteiger partial charge is 0.497 e. The van der Waals surface area contributed by atoms with Gasteiger partial charge in [-0.3, -0.25) is 9.59 Å². The topological polar surface area (TPSA) is 49.9 Å². The van der Waals surface area contributed by atoms with Crippen LogP contribution in [0.1, 0.15) is 28.8 Å². The number of ether oxygens (including phenoxy) is 1. The van der Waals surface area contributed by atoms with E-state index in [9.17, 15) is 9.59 Å². The van der Waals surface area contributed by atoms with Gasteiger partial charge in [0.25, 0.3) is 5.91 Å². The first-order valence-corrected chi connectivity index (χ1v) is 10.3. The maximum absolute atomic E-state index is 13.2. The van der Waals surface area contributed by atoms with Gasteiger partial charge < -0.3 is 14.5 Å². The molecule has 2 aromatic carbocycles. The molecule has 2 fully saturated rings. The van der Waals surface area contributed by atoms with Crippen molar-refractivity contribution < 1.29 is 14.3 Å². The second-order valence-electron chi connectivity index (χ2n) is 7.41. The molecule has 146 valence electrons. The molecule has 2 aromatic rings. The summed E-state index contributed by atoms with van der Waals surface area (Å²) in [7, 11) is 1.59. The van der Waals surface area contributed by atoms with Gasteiger partial charge in [0.2, 0.25) is 5.91 Å². The lowest BCUT2D eigenvalue weighted by atomic mass is 9.94. The summed E-state index contributed by atoms with van der Waals surface area (Å²) in [6, 6.07) is 15.3. The highest BCUT2D eigenvalue weighted by Gasteiger charge is 2.53. The monoisotopic (exact) mass is 442 g/mol. The minimum absolute atomic E-state index is 0.0138. The first kappa shape index (κ1) is 19.0. The normalized spacial score (nSPS) is 17.9. The van der Waals surface area contributed by atoms with Crippen molar-refractivity contribution in [1.82, 2.24) is 9.80 Å². The second-order valence-corrected chi connectivity index (χ2v) is 8.32. The summed E-state index contributed by atoms with van der Waals surface area (Å²) in [5, 5.41) is 0. The van der Waals surface area contributed by atoms with Crippen LogP contribution in [0.15, 0.2) is 53.0 Å². The van der Waals surface area contributed by atoms with Crippen molar-refractivity contribution in [2.75, 3.05) is 33.3 Å². The fraction of sp³-hybridized carbons (Fsp3) is 0.364. The van der Waals surface area contributed by atoms with Crippen molar-refractivity contribution in [1.29, 1.82) is 0 Å². The molecular weight excluding hydrogens is 420 g/mol. The zero-order valence-corrected chi connectivity index (χ0v) is 17.4. The maximum Gasteiger partial charge on any atom is 0.254 e. The highest BCUT2D eigenvalue weighted by molar-refractivity contribution is 9.10. The highest BCUT2D eigenvalue weighted by Crippen LogP contribution is 2.49. The zero-order chi connectivity index (χ0) is 19.7. The van der Waals surface area contributed by atoms with E-state index in [1.165, 1.54) is 0 Å². The van der Waals surface area contributed by atoms with Crippen molar-refractivity contribution in [3.63, 3.8) is 0 Å². The van der Waals surface area contributed by atoms with E-state index in [0.717, 1.165) is 22.9 Å². The molecule has 0 radical (unpaired) electrons. The van der Waals surface area contributed by atoms with E-state index in [1.807, 2.05) is 46.2 Å². The Morgan fingerprint density at radius 3 is 2.21 bits per heavy atom. The molecule has 5 nitrogen and oxygen atoms in total. The summed E-state index contributed by atoms with van der Waals surface area (Å²) < 4.78 is 6.23. The number of carbonyl (C=O) groups is 2. The predicted octanol–water partition coefficient (Wildman–Crippen LogP) is 3.47. The third-order valence-electron chi connectivity index (χ3n) is 5.73. The van der Waals surface area contributed by atoms with Crippen molar-refractivity contribution in [3.8, 4) is 5.75 Å². The zero-order valence-electron chi connectivity index (χ0n) is 15.9. The van der Waals surface area contributed by atoms with Gasteiger partial charge in [-0.15, -0.1) is 0 Å². The lowest BCUT2D eigenvalue weighted by Gasteiger charge is -2.36. The Bertz CT molecular complexity index is 885. The Kier molecular flexibility index (Phi) is 5.15. The molecule has 0 spiro atoms. The van der Waals surface area contributed by atoms with E-state index < -0.39 is 0 Å². The number of nitrogens with zero attached hydrogens (tertiary/aromatic N) is 2. The number of hydrogen-bond acceptors (Lipinski definition) is 3. The number of piperazine rings is 1. The number of methoxy groups -OCH3 is 1. The molecule has 1 saturated carbocycles. The number of rotatable bonds is 4. The summed E-state index contributed by atoms with van der Waals surface area (Å²) in [4.78, 5) is 29.7. The van der Waals surface area contributed by atoms with Crippen LogP contribution in [0, 0.1) is 0 Å². The van der Waals surface area contributed by atoms with Crippen LogP contribution in [0.3, 0.4) is 0 Å². The van der Waals surface area contributed by atoms with E-state index in [1.54, 1.807) is 19.2 Å². The lowest BCUT2D eigenvalue weighted by Crippen LogP contribution is -2.53. The minimum Gasteiger partial charge on any atom is -0.497 e. The van der Waals surface area contributed by atoms with E-state index in [-0.39, 0.29) is 17.2 Å². The Morgan fingerprint density at radius 1 is 0.964 bits per heavy atom. The molecule has 1 heterocycles. The Labute approximate surface area is 173 Å². The molecule has 0 N–H and O–H groups in total. The molecule has 0 bridgehead atoms. The van der Waals surface area contributed by atoms with Crippen molar-refractivity contribution in [2.24, 2.45) is 0 Å². The first-order valence-electron chi connectivity index (χ1n) is 9.52. The summed E-state index contributed by atoms with van der Waals surface area (Å²) in [6.45, 7) is 2.26. The molecule has 1 aliphatic heterocycles. The SMILES string of the molecule is COc1cccc(C(=O)N2CCN(C(=O)C3(c4ccc(Br)cc4)CC3)CC2)c1. The van der Waals surface area contributed by atoms with E-state index in [4.69, 9.17) is 4.74 Å². The van der Waals surface area contributed by atoms with Crippen LogP contribution in [0.4, 0.5) is 0 Å². The minimum atomic E-state index is -0.361. The van der Waals surface area contributed by atoms with Gasteiger partial charge in [0.15, 0.2) is 0 Å². The molecule has 0 atom stereocenters. The van der Waals surface area contributed by atoms with Crippen LogP contribution >= 0.6 is 15.9 Å². The van der Waals surface area contributed by atoms with E-state index in [2.05, 4.69) is 15.9 Å². The van der Waals surface area contributed by atoms with Gasteiger partial charge in [-0.05, 0) is 48.7 Å². The molecule has 0 aromatic heterocycles. The quantitative estimate of drug-likeness (QED) is 0.727. The Hall–Kier alpha value is -2.34. The first-order chi connectivity index (χ1) is 13.5. The van der Waals surface area contributed by atoms with Gasteiger partial charge >= 0.3 is 0 Å². The molecular formula is C22H23BrN2O3. The van der Waals surface area contributed by atoms with Gasteiger partial charge in [0.1, 0.15) is 5.75 Å². The number of hydrogen-bond donors (Lipinski definition) is 0. The van der Waals surface area contributed by atoms with Crippen LogP contribution in [0.5, 0.6) is 5.75 Å². The molecule has 28 heavy (non-hydrogen) atoms. The number of carbonyl (C=O) groups excluding carboxylic acids is 2. The van der Waals surface area contributed by atoms with E-state index in [0.29, 0.717) is 37.5 Å². The van der Waals surface area contributed by atoms with Gasteiger partial charge in [-0.25, -0.2) is 0 Å². The molecule has 6 heteroatoms. The van der Waals surface area contributed by atoms with Crippen molar-refractivity contribution >= 4 is 27.7 Å². The van der Waals surface area contributed by atoms with Gasteiger partial charge in [-0.2, -0.15) is 0 Å². The predicted molar refractivity (Wildman–Crippen MR) is 111 cm³/mol. The smallest absolute Gasteiger partial charge is 0.254 e. The third-order valence-corrected chi connectivity index (χ3v) is 6.26. The van der Waals surface area contributed by atoms with Crippen LogP contribution in [-0.2, 0) is 10.2 Å². The number of benzene rings is 2. The third kappa shape index (κ3) is 3.53. The fourth-order valence-corrected chi connectivity index (χ4v) is 4.14. The highest BCUT2D eigenvalue weighted by atomic mass is 79.9. The summed E-state index contributed by atoms with van der Waals surface area (Å²) in [5.74, 6) is 0.855. The lowest BCUT2D eigenvalue weighted by molar-refractivity contribution is -0.135. The summed E-state index contributed by atoms with van der Waals surface area (Å²) in [5.41, 5.74) is 1.35. The van der Waals surface area contributed by atoms with E-state index >= 15 is 0 Å². The molecule has 2 amide bonds. The number of halogens is 1. The fourth-order valence-electron chi connectivity index (χ4n) is 3.87.